The first-order valence-corrected chi connectivity index (χ1v) is 13.3. The zero-order chi connectivity index (χ0) is 28.9. The molecule has 2 heterocycles. The molecule has 5 rings (SSSR count). The van der Waals surface area contributed by atoms with Crippen molar-refractivity contribution in [2.45, 2.75) is 45.1 Å². The van der Waals surface area contributed by atoms with Gasteiger partial charge in [-0.3, -0.25) is 24.2 Å². The van der Waals surface area contributed by atoms with Crippen LogP contribution in [0.2, 0.25) is 0 Å². The fourth-order valence-electron chi connectivity index (χ4n) is 4.91. The maximum absolute atomic E-state index is 13.5. The largest absolute Gasteiger partial charge is 0.326 e. The van der Waals surface area contributed by atoms with Crippen LogP contribution in [0.3, 0.4) is 0 Å². The first-order valence-electron chi connectivity index (χ1n) is 13.3. The molecule has 7 nitrogen and oxygen atoms in total. The number of rotatable bonds is 10. The molecule has 1 aromatic heterocycles. The van der Waals surface area contributed by atoms with Gasteiger partial charge in [-0.2, -0.15) is 0 Å². The fraction of sp³-hybridized carbons (Fsp3) is 0.219. The lowest BCUT2D eigenvalue weighted by Gasteiger charge is -2.09. The van der Waals surface area contributed by atoms with E-state index in [1.54, 1.807) is 24.5 Å². The molecular weight excluding hydrogens is 528 g/mol. The second kappa shape index (κ2) is 12.2. The summed E-state index contributed by atoms with van der Waals surface area (Å²) in [6.07, 6.45) is 9.00. The summed E-state index contributed by atoms with van der Waals surface area (Å²) in [5.41, 5.74) is 3.79. The van der Waals surface area contributed by atoms with Crippen LogP contribution in [0.25, 0.3) is 5.57 Å². The van der Waals surface area contributed by atoms with Crippen molar-refractivity contribution in [1.82, 2.24) is 4.57 Å². The molecule has 1 N–H and O–H groups in total. The summed E-state index contributed by atoms with van der Waals surface area (Å²) >= 11 is 0. The minimum atomic E-state index is -1.01. The van der Waals surface area contributed by atoms with E-state index in [-0.39, 0.29) is 42.4 Å². The summed E-state index contributed by atoms with van der Waals surface area (Å²) in [4.78, 5) is 54.7. The van der Waals surface area contributed by atoms with Crippen molar-refractivity contribution in [3.8, 4) is 0 Å². The molecule has 0 spiro atoms. The third-order valence-corrected chi connectivity index (χ3v) is 7.05. The molecular formula is C32H27F2N3O4. The highest BCUT2D eigenvalue weighted by atomic mass is 19.2. The lowest BCUT2D eigenvalue weighted by Crippen LogP contribution is -2.26. The van der Waals surface area contributed by atoms with E-state index in [0.29, 0.717) is 42.5 Å². The highest BCUT2D eigenvalue weighted by Gasteiger charge is 2.25. The number of amides is 1. The molecule has 1 amide bonds. The Bertz CT molecular complexity index is 1700. The van der Waals surface area contributed by atoms with E-state index >= 15 is 0 Å². The minimum Gasteiger partial charge on any atom is -0.326 e. The quantitative estimate of drug-likeness (QED) is 0.205. The summed E-state index contributed by atoms with van der Waals surface area (Å²) in [6.45, 7) is -0.00224. The van der Waals surface area contributed by atoms with E-state index in [4.69, 9.17) is 0 Å². The number of nitrogens with zero attached hydrogens (tertiary/aromatic N) is 2. The predicted molar refractivity (Wildman–Crippen MR) is 152 cm³/mol. The average Bonchev–Trinajstić information content (AvgIpc) is 3.57. The van der Waals surface area contributed by atoms with Gasteiger partial charge in [0.05, 0.1) is 12.1 Å². The highest BCUT2D eigenvalue weighted by molar-refractivity contribution is 6.26. The smallest absolute Gasteiger partial charge is 0.261 e. The Labute approximate surface area is 234 Å². The van der Waals surface area contributed by atoms with Gasteiger partial charge in [-0.25, -0.2) is 8.78 Å². The van der Waals surface area contributed by atoms with E-state index in [1.165, 1.54) is 22.9 Å². The van der Waals surface area contributed by atoms with Crippen molar-refractivity contribution >= 4 is 34.9 Å². The number of pyridine rings is 1. The van der Waals surface area contributed by atoms with E-state index in [9.17, 15) is 28.0 Å². The Morgan fingerprint density at radius 2 is 1.83 bits per heavy atom. The number of aromatic nitrogens is 1. The van der Waals surface area contributed by atoms with Gasteiger partial charge in [0.2, 0.25) is 5.91 Å². The maximum atomic E-state index is 13.5. The van der Waals surface area contributed by atoms with Gasteiger partial charge < -0.3 is 9.88 Å². The molecule has 0 fully saturated rings. The van der Waals surface area contributed by atoms with Crippen LogP contribution in [0.4, 0.5) is 14.5 Å². The van der Waals surface area contributed by atoms with Crippen LogP contribution in [0.5, 0.6) is 0 Å². The third kappa shape index (κ3) is 6.51. The number of carbonyl (C=O) groups is 3. The summed E-state index contributed by atoms with van der Waals surface area (Å²) in [6, 6.07) is 11.8. The zero-order valence-corrected chi connectivity index (χ0v) is 22.2. The van der Waals surface area contributed by atoms with Gasteiger partial charge in [0.15, 0.2) is 23.2 Å². The van der Waals surface area contributed by atoms with Crippen LogP contribution in [-0.2, 0) is 22.6 Å². The SMILES string of the molecule is O=C(CCCCC(=O)c1cccn(Cc2ccc(F)c(F)c2)c1=O)Nc1ccc2c(c1)/C(=C/C1=CN=CC1)C(=O)C2. The van der Waals surface area contributed by atoms with Crippen LogP contribution in [0.15, 0.2) is 82.4 Å². The van der Waals surface area contributed by atoms with E-state index in [0.717, 1.165) is 28.8 Å². The van der Waals surface area contributed by atoms with E-state index in [1.807, 2.05) is 18.2 Å². The second-order valence-electron chi connectivity index (χ2n) is 10.1. The van der Waals surface area contributed by atoms with E-state index in [2.05, 4.69) is 10.3 Å². The number of ketones is 2. The van der Waals surface area contributed by atoms with Gasteiger partial charge in [0.25, 0.3) is 5.56 Å². The number of hydrogen-bond acceptors (Lipinski definition) is 5. The number of nitrogens with one attached hydrogen (secondary N) is 1. The molecule has 1 aliphatic heterocycles. The molecule has 0 unspecified atom stereocenters. The van der Waals surface area contributed by atoms with Crippen molar-refractivity contribution in [2.24, 2.45) is 4.99 Å². The highest BCUT2D eigenvalue weighted by Crippen LogP contribution is 2.33. The Kier molecular flexibility index (Phi) is 8.24. The Morgan fingerprint density at radius 1 is 1.00 bits per heavy atom. The predicted octanol–water partition coefficient (Wildman–Crippen LogP) is 5.42. The normalized spacial score (nSPS) is 14.8. The van der Waals surface area contributed by atoms with Crippen molar-refractivity contribution in [1.29, 1.82) is 0 Å². The van der Waals surface area contributed by atoms with Crippen LogP contribution in [-0.4, -0.2) is 28.3 Å². The number of Topliss-reactive ketones (excluding diaryl/α,β-unsaturated/α-hetero) is 2. The minimum absolute atomic E-state index is 0.00224. The van der Waals surface area contributed by atoms with E-state index < -0.39 is 17.2 Å². The van der Waals surface area contributed by atoms with Crippen LogP contribution >= 0.6 is 0 Å². The Hall–Kier alpha value is -4.79. The molecule has 9 heteroatoms. The number of anilines is 1. The summed E-state index contributed by atoms with van der Waals surface area (Å²) in [5, 5.41) is 2.86. The molecule has 0 atom stereocenters. The number of hydrogen-bond donors (Lipinski definition) is 1. The summed E-state index contributed by atoms with van der Waals surface area (Å²) in [5.74, 6) is -2.51. The molecule has 41 heavy (non-hydrogen) atoms. The molecule has 208 valence electrons. The molecule has 0 saturated carbocycles. The molecule has 0 radical (unpaired) electrons. The number of fused-ring (bicyclic) bond motifs is 1. The Morgan fingerprint density at radius 3 is 2.61 bits per heavy atom. The summed E-state index contributed by atoms with van der Waals surface area (Å²) in [7, 11) is 0. The fourth-order valence-corrected chi connectivity index (χ4v) is 4.91. The lowest BCUT2D eigenvalue weighted by atomic mass is 10.0. The van der Waals surface area contributed by atoms with Gasteiger partial charge in [-0.05, 0) is 77.6 Å². The molecule has 1 aliphatic carbocycles. The van der Waals surface area contributed by atoms with Crippen molar-refractivity contribution < 1.29 is 23.2 Å². The molecule has 2 aromatic carbocycles. The van der Waals surface area contributed by atoms with Gasteiger partial charge in [0, 0.05) is 55.6 Å². The standard InChI is InChI=1S/C32H27F2N3O4/c33-27-10-7-21(15-28(27)34)19-37-13-3-4-24(32(37)41)29(38)5-1-2-6-31(40)36-23-9-8-22-16-30(39)26(25(22)17-23)14-20-11-12-35-18-20/h3-4,7-10,12-15,17-18H,1-2,5-6,11,16,19H2,(H,36,40)/b26-14-. The van der Waals surface area contributed by atoms with Crippen LogP contribution in [0.1, 0.15) is 59.2 Å². The maximum Gasteiger partial charge on any atom is 0.261 e. The van der Waals surface area contributed by atoms with Gasteiger partial charge in [-0.1, -0.05) is 12.1 Å². The number of unbranched alkanes of at least 4 members (excludes halogenated alkanes) is 1. The number of benzene rings is 2. The lowest BCUT2D eigenvalue weighted by molar-refractivity contribution is -0.116. The first-order chi connectivity index (χ1) is 19.8. The van der Waals surface area contributed by atoms with Crippen molar-refractivity contribution in [2.75, 3.05) is 5.32 Å². The molecule has 3 aromatic rings. The first kappa shape index (κ1) is 27.8. The monoisotopic (exact) mass is 555 g/mol. The Balaban J connectivity index is 1.13. The van der Waals surface area contributed by atoms with Crippen LogP contribution in [0, 0.1) is 11.6 Å². The second-order valence-corrected chi connectivity index (χ2v) is 10.1. The third-order valence-electron chi connectivity index (χ3n) is 7.05. The van der Waals surface area contributed by atoms with Gasteiger partial charge in [-0.15, -0.1) is 0 Å². The van der Waals surface area contributed by atoms with Gasteiger partial charge >= 0.3 is 0 Å². The van der Waals surface area contributed by atoms with Crippen molar-refractivity contribution in [3.05, 3.63) is 117 Å². The molecule has 2 aliphatic rings. The number of aliphatic imine (C=N–C) groups is 1. The molecule has 0 saturated heterocycles. The average molecular weight is 556 g/mol. The molecule has 0 bridgehead atoms. The number of halogens is 2. The van der Waals surface area contributed by atoms with Crippen LogP contribution < -0.4 is 10.9 Å². The topological polar surface area (TPSA) is 97.6 Å². The summed E-state index contributed by atoms with van der Waals surface area (Å²) < 4.78 is 28.0. The number of allylic oxidation sites excluding steroid dienone is 3. The number of carbonyl (C=O) groups excluding carboxylic acids is 3. The van der Waals surface area contributed by atoms with Crippen molar-refractivity contribution in [3.63, 3.8) is 0 Å². The van der Waals surface area contributed by atoms with Gasteiger partial charge in [0.1, 0.15) is 0 Å². The zero-order valence-electron chi connectivity index (χ0n) is 22.2.